The van der Waals surface area contributed by atoms with E-state index in [4.69, 9.17) is 14.2 Å². The summed E-state index contributed by atoms with van der Waals surface area (Å²) in [6.45, 7) is 3.67. The second kappa shape index (κ2) is 14.2. The van der Waals surface area contributed by atoms with Gasteiger partial charge in [0.25, 0.3) is 11.8 Å². The van der Waals surface area contributed by atoms with Crippen LogP contribution < -0.4 is 19.1 Å². The van der Waals surface area contributed by atoms with Crippen molar-refractivity contribution in [2.45, 2.75) is 12.7 Å². The maximum atomic E-state index is 14.4. The molecule has 2 aromatic heterocycles. The lowest BCUT2D eigenvalue weighted by Gasteiger charge is -2.34. The molecule has 0 radical (unpaired) electrons. The van der Waals surface area contributed by atoms with Gasteiger partial charge in [0.05, 0.1) is 23.0 Å². The van der Waals surface area contributed by atoms with Gasteiger partial charge in [0, 0.05) is 63.8 Å². The number of ether oxygens (including phenoxy) is 3. The minimum absolute atomic E-state index is 0. The zero-order valence-corrected chi connectivity index (χ0v) is 29.2. The fourth-order valence-corrected chi connectivity index (χ4v) is 6.08. The Labute approximate surface area is 300 Å². The molecule has 0 aliphatic carbocycles. The number of rotatable bonds is 7. The third-order valence-electron chi connectivity index (χ3n) is 8.90. The maximum Gasteiger partial charge on any atom is 0.416 e. The van der Waals surface area contributed by atoms with Crippen molar-refractivity contribution in [3.8, 4) is 23.1 Å². The highest BCUT2D eigenvalue weighted by atomic mass is 79.9. The first-order chi connectivity index (χ1) is 23.9. The summed E-state index contributed by atoms with van der Waals surface area (Å²) in [5.41, 5.74) is 1.12. The molecule has 5 aromatic rings. The maximum absolute atomic E-state index is 14.4. The standard InChI is InChI=1S/C36H31F4N5O5.BrH/c1-42(34(46)27-7-4-24(18-28(27)37)36(38,39)40)25-5-10-33(41-19-25)50-26-6-8-29-23(16-26)17-30(43(29)2)35(47)45-13-11-44(12-14-45)20-22-3-9-31-32(15-22)49-21-48-31;/h3-10,15-19H,11-14,20-21H2,1-2H3;1H. The van der Waals surface area contributed by atoms with Gasteiger partial charge in [-0.05, 0) is 66.2 Å². The van der Waals surface area contributed by atoms with Gasteiger partial charge in [0.2, 0.25) is 12.7 Å². The van der Waals surface area contributed by atoms with Crippen LogP contribution in [0.25, 0.3) is 10.9 Å². The summed E-state index contributed by atoms with van der Waals surface area (Å²) in [5.74, 6) is 0.0190. The van der Waals surface area contributed by atoms with E-state index >= 15 is 0 Å². The lowest BCUT2D eigenvalue weighted by molar-refractivity contribution is -0.137. The van der Waals surface area contributed by atoms with Crippen LogP contribution in [0.15, 0.2) is 79.0 Å². The molecule has 7 rings (SSSR count). The molecule has 2 aliphatic rings. The van der Waals surface area contributed by atoms with Gasteiger partial charge >= 0.3 is 6.18 Å². The van der Waals surface area contributed by atoms with Crippen LogP contribution in [0, 0.1) is 5.82 Å². The number of alkyl halides is 3. The molecule has 266 valence electrons. The zero-order chi connectivity index (χ0) is 35.2. The molecule has 0 atom stereocenters. The zero-order valence-electron chi connectivity index (χ0n) is 27.4. The number of pyridine rings is 1. The summed E-state index contributed by atoms with van der Waals surface area (Å²) < 4.78 is 71.8. The molecule has 15 heteroatoms. The number of halogens is 5. The molecule has 0 unspecified atom stereocenters. The number of fused-ring (bicyclic) bond motifs is 2. The van der Waals surface area contributed by atoms with Crippen LogP contribution in [0.5, 0.6) is 23.1 Å². The van der Waals surface area contributed by atoms with E-state index in [-0.39, 0.29) is 41.2 Å². The van der Waals surface area contributed by atoms with Crippen LogP contribution in [0.1, 0.15) is 32.0 Å². The van der Waals surface area contributed by atoms with E-state index in [2.05, 4.69) is 9.88 Å². The van der Waals surface area contributed by atoms with Crippen molar-refractivity contribution >= 4 is 45.4 Å². The molecule has 0 spiro atoms. The number of amides is 2. The first kappa shape index (κ1) is 35.7. The second-order valence-corrected chi connectivity index (χ2v) is 12.1. The Balaban J connectivity index is 0.00000448. The highest BCUT2D eigenvalue weighted by molar-refractivity contribution is 8.93. The third kappa shape index (κ3) is 7.35. The summed E-state index contributed by atoms with van der Waals surface area (Å²) in [7, 11) is 3.21. The van der Waals surface area contributed by atoms with Crippen molar-refractivity contribution in [3.63, 3.8) is 0 Å². The number of piperazine rings is 1. The van der Waals surface area contributed by atoms with E-state index < -0.39 is 29.0 Å². The first-order valence-corrected chi connectivity index (χ1v) is 15.7. The number of hydrogen-bond acceptors (Lipinski definition) is 7. The van der Waals surface area contributed by atoms with E-state index in [0.717, 1.165) is 58.6 Å². The number of aryl methyl sites for hydroxylation is 1. The fraction of sp³-hybridized carbons (Fsp3) is 0.250. The number of nitrogens with zero attached hydrogens (tertiary/aromatic N) is 5. The topological polar surface area (TPSA) is 89.4 Å². The van der Waals surface area contributed by atoms with Crippen molar-refractivity contribution in [1.82, 2.24) is 19.4 Å². The predicted molar refractivity (Wildman–Crippen MR) is 185 cm³/mol. The van der Waals surface area contributed by atoms with Gasteiger partial charge in [-0.15, -0.1) is 17.0 Å². The summed E-state index contributed by atoms with van der Waals surface area (Å²) in [6.07, 6.45) is -3.39. The Morgan fingerprint density at radius 1 is 0.922 bits per heavy atom. The molecule has 0 N–H and O–H groups in total. The molecule has 2 aliphatic heterocycles. The molecule has 1 saturated heterocycles. The molecule has 0 bridgehead atoms. The molecule has 10 nitrogen and oxygen atoms in total. The van der Waals surface area contributed by atoms with Gasteiger partial charge in [0.1, 0.15) is 17.3 Å². The van der Waals surface area contributed by atoms with Crippen LogP contribution >= 0.6 is 17.0 Å². The quantitative estimate of drug-likeness (QED) is 0.164. The summed E-state index contributed by atoms with van der Waals surface area (Å²) >= 11 is 0. The number of carbonyl (C=O) groups excluding carboxylic acids is 2. The van der Waals surface area contributed by atoms with Crippen molar-refractivity contribution in [1.29, 1.82) is 0 Å². The highest BCUT2D eigenvalue weighted by Crippen LogP contribution is 2.34. The van der Waals surface area contributed by atoms with E-state index in [1.807, 2.05) is 46.8 Å². The van der Waals surface area contributed by atoms with E-state index in [0.29, 0.717) is 36.7 Å². The number of carbonyl (C=O) groups is 2. The number of hydrogen-bond donors (Lipinski definition) is 0. The molecule has 51 heavy (non-hydrogen) atoms. The monoisotopic (exact) mass is 769 g/mol. The minimum Gasteiger partial charge on any atom is -0.454 e. The lowest BCUT2D eigenvalue weighted by Crippen LogP contribution is -2.48. The van der Waals surface area contributed by atoms with Crippen LogP contribution in [0.4, 0.5) is 23.2 Å². The van der Waals surface area contributed by atoms with Gasteiger partial charge in [-0.1, -0.05) is 6.07 Å². The third-order valence-corrected chi connectivity index (χ3v) is 8.90. The molecule has 4 heterocycles. The van der Waals surface area contributed by atoms with Gasteiger partial charge in [0.15, 0.2) is 11.5 Å². The van der Waals surface area contributed by atoms with E-state index in [1.165, 1.54) is 25.4 Å². The number of aromatic nitrogens is 2. The smallest absolute Gasteiger partial charge is 0.416 e. The number of benzene rings is 3. The molecule has 3 aromatic carbocycles. The van der Waals surface area contributed by atoms with Gasteiger partial charge < -0.3 is 28.6 Å². The molecule has 2 amide bonds. The van der Waals surface area contributed by atoms with E-state index in [9.17, 15) is 27.2 Å². The van der Waals surface area contributed by atoms with Gasteiger partial charge in [-0.2, -0.15) is 13.2 Å². The SMILES string of the molecule is Br.CN(C(=O)c1ccc(C(F)(F)F)cc1F)c1ccc(Oc2ccc3c(c2)cc(C(=O)N2CCN(Cc4ccc5c(c4)OCO5)CC2)n3C)nc1. The Morgan fingerprint density at radius 2 is 1.69 bits per heavy atom. The predicted octanol–water partition coefficient (Wildman–Crippen LogP) is 7.06. The molecular formula is C36H32BrF4N5O5. The van der Waals surface area contributed by atoms with Crippen molar-refractivity contribution in [3.05, 3.63) is 107 Å². The van der Waals surface area contributed by atoms with Crippen LogP contribution in [-0.2, 0) is 19.8 Å². The minimum atomic E-state index is -4.73. The van der Waals surface area contributed by atoms with Crippen molar-refractivity contribution < 1.29 is 41.4 Å². The fourth-order valence-electron chi connectivity index (χ4n) is 6.08. The normalized spacial score (nSPS) is 14.4. The first-order valence-electron chi connectivity index (χ1n) is 15.7. The summed E-state index contributed by atoms with van der Waals surface area (Å²) in [6, 6.07) is 18.0. The number of anilines is 1. The Morgan fingerprint density at radius 3 is 2.39 bits per heavy atom. The molecule has 1 fully saturated rings. The Hall–Kier alpha value is -5.15. The molecule has 0 saturated carbocycles. The average molecular weight is 771 g/mol. The summed E-state index contributed by atoms with van der Waals surface area (Å²) in [4.78, 5) is 35.9. The average Bonchev–Trinajstić information content (AvgIpc) is 3.71. The van der Waals surface area contributed by atoms with Gasteiger partial charge in [-0.3, -0.25) is 14.5 Å². The largest absolute Gasteiger partial charge is 0.454 e. The van der Waals surface area contributed by atoms with Crippen LogP contribution in [0.2, 0.25) is 0 Å². The molecular weight excluding hydrogens is 738 g/mol. The Kier molecular flexibility index (Phi) is 9.95. The van der Waals surface area contributed by atoms with Crippen molar-refractivity contribution in [2.24, 2.45) is 7.05 Å². The van der Waals surface area contributed by atoms with Crippen molar-refractivity contribution in [2.75, 3.05) is 44.9 Å². The highest BCUT2D eigenvalue weighted by Gasteiger charge is 2.32. The Bertz CT molecular complexity index is 2100. The van der Waals surface area contributed by atoms with Crippen LogP contribution in [0.3, 0.4) is 0 Å². The van der Waals surface area contributed by atoms with Crippen LogP contribution in [-0.4, -0.2) is 71.2 Å². The van der Waals surface area contributed by atoms with Gasteiger partial charge in [-0.25, -0.2) is 9.37 Å². The van der Waals surface area contributed by atoms with E-state index in [1.54, 1.807) is 12.1 Å². The second-order valence-electron chi connectivity index (χ2n) is 12.1. The summed E-state index contributed by atoms with van der Waals surface area (Å²) in [5, 5.41) is 0.801. The lowest BCUT2D eigenvalue weighted by atomic mass is 10.1.